The van der Waals surface area contributed by atoms with Crippen LogP contribution in [0.25, 0.3) is 0 Å². The predicted molar refractivity (Wildman–Crippen MR) is 80.4 cm³/mol. The Hall–Kier alpha value is -2.89. The molecule has 1 aromatic carbocycles. The number of carbonyl (C=O) groups is 2. The molecule has 0 aliphatic heterocycles. The summed E-state index contributed by atoms with van der Waals surface area (Å²) in [5.74, 6) is -0.512. The molecule has 0 saturated heterocycles. The molecule has 6 heteroatoms. The third-order valence-electron chi connectivity index (χ3n) is 2.79. The SMILES string of the molecule is CC(=O)Nc1cccc(NC(=O)c2ccc(=O)n(C)c2)c1. The fourth-order valence-corrected chi connectivity index (χ4v) is 1.81. The molecular weight excluding hydrogens is 270 g/mol. The molecule has 2 amide bonds. The van der Waals surface area contributed by atoms with Crippen LogP contribution in [0.2, 0.25) is 0 Å². The lowest BCUT2D eigenvalue weighted by Gasteiger charge is -2.08. The molecule has 2 aromatic rings. The zero-order chi connectivity index (χ0) is 15.4. The first kappa shape index (κ1) is 14.5. The third kappa shape index (κ3) is 3.79. The quantitative estimate of drug-likeness (QED) is 0.898. The molecule has 0 spiro atoms. The molecule has 2 N–H and O–H groups in total. The number of aryl methyl sites for hydroxylation is 1. The molecule has 0 aliphatic carbocycles. The van der Waals surface area contributed by atoms with Gasteiger partial charge in [-0.2, -0.15) is 0 Å². The molecule has 1 aromatic heterocycles. The average molecular weight is 285 g/mol. The smallest absolute Gasteiger partial charge is 0.257 e. The number of nitrogens with zero attached hydrogens (tertiary/aromatic N) is 1. The lowest BCUT2D eigenvalue weighted by molar-refractivity contribution is -0.114. The molecule has 1 heterocycles. The fourth-order valence-electron chi connectivity index (χ4n) is 1.81. The Labute approximate surface area is 121 Å². The summed E-state index contributed by atoms with van der Waals surface area (Å²) >= 11 is 0. The van der Waals surface area contributed by atoms with Crippen LogP contribution in [0.15, 0.2) is 47.4 Å². The maximum atomic E-state index is 12.1. The average Bonchev–Trinajstić information content (AvgIpc) is 2.41. The minimum absolute atomic E-state index is 0.181. The van der Waals surface area contributed by atoms with Gasteiger partial charge in [-0.05, 0) is 24.3 Å². The number of rotatable bonds is 3. The first-order valence-corrected chi connectivity index (χ1v) is 6.31. The molecule has 6 nitrogen and oxygen atoms in total. The summed E-state index contributed by atoms with van der Waals surface area (Å²) in [7, 11) is 1.58. The van der Waals surface area contributed by atoms with Crippen molar-refractivity contribution in [1.29, 1.82) is 0 Å². The van der Waals surface area contributed by atoms with Gasteiger partial charge >= 0.3 is 0 Å². The summed E-state index contributed by atoms with van der Waals surface area (Å²) in [6, 6.07) is 9.62. The summed E-state index contributed by atoms with van der Waals surface area (Å²) in [6.45, 7) is 1.41. The Morgan fingerprint density at radius 1 is 1.05 bits per heavy atom. The molecule has 0 aliphatic rings. The second-order valence-electron chi connectivity index (χ2n) is 4.58. The van der Waals surface area contributed by atoms with Gasteiger partial charge in [0.25, 0.3) is 5.91 Å². The summed E-state index contributed by atoms with van der Waals surface area (Å²) < 4.78 is 1.34. The highest BCUT2D eigenvalue weighted by Crippen LogP contribution is 2.15. The van der Waals surface area contributed by atoms with Crippen molar-refractivity contribution in [2.24, 2.45) is 7.05 Å². The number of benzene rings is 1. The van der Waals surface area contributed by atoms with Crippen molar-refractivity contribution in [1.82, 2.24) is 4.57 Å². The van der Waals surface area contributed by atoms with E-state index >= 15 is 0 Å². The normalized spacial score (nSPS) is 10.0. The van der Waals surface area contributed by atoms with Gasteiger partial charge in [-0.25, -0.2) is 0 Å². The Morgan fingerprint density at radius 2 is 1.71 bits per heavy atom. The van der Waals surface area contributed by atoms with Crippen LogP contribution in [0.3, 0.4) is 0 Å². The van der Waals surface area contributed by atoms with Crippen molar-refractivity contribution in [2.45, 2.75) is 6.92 Å². The van der Waals surface area contributed by atoms with E-state index in [1.54, 1.807) is 31.3 Å². The molecule has 2 rings (SSSR count). The van der Waals surface area contributed by atoms with Crippen LogP contribution in [0, 0.1) is 0 Å². The van der Waals surface area contributed by atoms with Crippen molar-refractivity contribution < 1.29 is 9.59 Å². The number of pyridine rings is 1. The van der Waals surface area contributed by atoms with Gasteiger partial charge in [0.1, 0.15) is 0 Å². The van der Waals surface area contributed by atoms with E-state index in [4.69, 9.17) is 0 Å². The largest absolute Gasteiger partial charge is 0.326 e. The molecular formula is C15H15N3O3. The number of nitrogens with one attached hydrogen (secondary N) is 2. The maximum Gasteiger partial charge on any atom is 0.257 e. The predicted octanol–water partition coefficient (Wildman–Crippen LogP) is 1.60. The van der Waals surface area contributed by atoms with Gasteiger partial charge in [0.15, 0.2) is 0 Å². The lowest BCUT2D eigenvalue weighted by atomic mass is 10.2. The van der Waals surface area contributed by atoms with Gasteiger partial charge in [-0.3, -0.25) is 14.4 Å². The van der Waals surface area contributed by atoms with Crippen LogP contribution in [0.1, 0.15) is 17.3 Å². The van der Waals surface area contributed by atoms with E-state index in [0.29, 0.717) is 16.9 Å². The Bertz CT molecular complexity index is 750. The third-order valence-corrected chi connectivity index (χ3v) is 2.79. The molecule has 21 heavy (non-hydrogen) atoms. The van der Waals surface area contributed by atoms with Gasteiger partial charge < -0.3 is 15.2 Å². The molecule has 0 saturated carbocycles. The van der Waals surface area contributed by atoms with Crippen molar-refractivity contribution >= 4 is 23.2 Å². The van der Waals surface area contributed by atoms with E-state index in [-0.39, 0.29) is 17.4 Å². The molecule has 0 bridgehead atoms. The van der Waals surface area contributed by atoms with Crippen LogP contribution in [0.4, 0.5) is 11.4 Å². The summed E-state index contributed by atoms with van der Waals surface area (Å²) in [5, 5.41) is 5.35. The number of hydrogen-bond donors (Lipinski definition) is 2. The first-order chi connectivity index (χ1) is 9.95. The molecule has 0 radical (unpaired) electrons. The van der Waals surface area contributed by atoms with Gasteiger partial charge in [0.05, 0.1) is 5.56 Å². The van der Waals surface area contributed by atoms with Crippen LogP contribution >= 0.6 is 0 Å². The highest BCUT2D eigenvalue weighted by atomic mass is 16.2. The lowest BCUT2D eigenvalue weighted by Crippen LogP contribution is -2.19. The van der Waals surface area contributed by atoms with E-state index in [1.807, 2.05) is 0 Å². The second kappa shape index (κ2) is 6.04. The van der Waals surface area contributed by atoms with E-state index < -0.39 is 0 Å². The fraction of sp³-hybridized carbons (Fsp3) is 0.133. The number of amides is 2. The maximum absolute atomic E-state index is 12.1. The highest BCUT2D eigenvalue weighted by molar-refractivity contribution is 6.04. The van der Waals surface area contributed by atoms with Crippen LogP contribution in [0.5, 0.6) is 0 Å². The number of hydrogen-bond acceptors (Lipinski definition) is 3. The molecule has 0 unspecified atom stereocenters. The zero-order valence-corrected chi connectivity index (χ0v) is 11.7. The van der Waals surface area contributed by atoms with Crippen molar-refractivity contribution in [3.63, 3.8) is 0 Å². The minimum atomic E-state index is -0.328. The van der Waals surface area contributed by atoms with Crippen LogP contribution < -0.4 is 16.2 Å². The van der Waals surface area contributed by atoms with Crippen molar-refractivity contribution in [3.05, 3.63) is 58.5 Å². The van der Waals surface area contributed by atoms with E-state index in [1.165, 1.54) is 29.8 Å². The number of anilines is 2. The summed E-state index contributed by atoms with van der Waals surface area (Å²) in [5.41, 5.74) is 1.35. The van der Waals surface area contributed by atoms with E-state index in [9.17, 15) is 14.4 Å². The Morgan fingerprint density at radius 3 is 2.33 bits per heavy atom. The molecule has 108 valence electrons. The van der Waals surface area contributed by atoms with E-state index in [0.717, 1.165) is 0 Å². The molecule has 0 fully saturated rings. The van der Waals surface area contributed by atoms with Crippen LogP contribution in [-0.2, 0) is 11.8 Å². The molecule has 0 atom stereocenters. The standard InChI is InChI=1S/C15H15N3O3/c1-10(19)16-12-4-3-5-13(8-12)17-15(21)11-6-7-14(20)18(2)9-11/h3-9H,1-2H3,(H,16,19)(H,17,21). The van der Waals surface area contributed by atoms with E-state index in [2.05, 4.69) is 10.6 Å². The topological polar surface area (TPSA) is 80.2 Å². The Kier molecular flexibility index (Phi) is 4.18. The minimum Gasteiger partial charge on any atom is -0.326 e. The Balaban J connectivity index is 2.17. The number of carbonyl (C=O) groups excluding carboxylic acids is 2. The van der Waals surface area contributed by atoms with Crippen molar-refractivity contribution in [3.8, 4) is 0 Å². The highest BCUT2D eigenvalue weighted by Gasteiger charge is 2.07. The summed E-state index contributed by atoms with van der Waals surface area (Å²) in [6.07, 6.45) is 1.47. The monoisotopic (exact) mass is 285 g/mol. The van der Waals surface area contributed by atoms with Gasteiger partial charge in [0.2, 0.25) is 11.5 Å². The second-order valence-corrected chi connectivity index (χ2v) is 4.58. The van der Waals surface area contributed by atoms with Crippen molar-refractivity contribution in [2.75, 3.05) is 10.6 Å². The van der Waals surface area contributed by atoms with Gasteiger partial charge in [0, 0.05) is 37.6 Å². The summed E-state index contributed by atoms with van der Waals surface area (Å²) in [4.78, 5) is 34.4. The first-order valence-electron chi connectivity index (χ1n) is 6.31. The van der Waals surface area contributed by atoms with Gasteiger partial charge in [-0.15, -0.1) is 0 Å². The number of aromatic nitrogens is 1. The van der Waals surface area contributed by atoms with Crippen LogP contribution in [-0.4, -0.2) is 16.4 Å². The zero-order valence-electron chi connectivity index (χ0n) is 11.7. The van der Waals surface area contributed by atoms with Gasteiger partial charge in [-0.1, -0.05) is 6.07 Å².